The lowest BCUT2D eigenvalue weighted by molar-refractivity contribution is -0.146. The van der Waals surface area contributed by atoms with Crippen LogP contribution in [0.25, 0.3) is 0 Å². The highest BCUT2D eigenvalue weighted by atomic mass is 16.5. The maximum absolute atomic E-state index is 13.4. The molecule has 1 saturated heterocycles. The van der Waals surface area contributed by atoms with Gasteiger partial charge >= 0.3 is 0 Å². The van der Waals surface area contributed by atoms with E-state index in [4.69, 9.17) is 15.2 Å². The zero-order valence-electron chi connectivity index (χ0n) is 18.2. The summed E-state index contributed by atoms with van der Waals surface area (Å²) in [6.45, 7) is 1.12. The lowest BCUT2D eigenvalue weighted by atomic mass is 9.63. The van der Waals surface area contributed by atoms with E-state index >= 15 is 0 Å². The highest BCUT2D eigenvalue weighted by Gasteiger charge is 2.56. The number of fused-ring (bicyclic) bond motifs is 1. The second kappa shape index (κ2) is 8.99. The maximum Gasteiger partial charge on any atom is 0.184 e. The summed E-state index contributed by atoms with van der Waals surface area (Å²) in [7, 11) is 3.27. The Kier molecular flexibility index (Phi) is 6.32. The Balaban J connectivity index is 1.63. The first-order valence-electron chi connectivity index (χ1n) is 11.0. The molecular weight excluding hydrogens is 392 g/mol. The zero-order valence-corrected chi connectivity index (χ0v) is 18.2. The summed E-state index contributed by atoms with van der Waals surface area (Å²) in [4.78, 5) is 13.4. The standard InChI is InChI=1S/C25H32N2O4/c1-30-22-9-5-3-7-17(22)13-24(28)25(29)21-12-16(14-26)11-19(20(21)15-27-25)18-8-4-6-10-23(18)31-2/h3-10,16,19-21,27,29H,11-15,26H2,1-2H3. The fourth-order valence-corrected chi connectivity index (χ4v) is 5.60. The monoisotopic (exact) mass is 424 g/mol. The van der Waals surface area contributed by atoms with Crippen molar-refractivity contribution in [2.24, 2.45) is 23.5 Å². The second-order valence-corrected chi connectivity index (χ2v) is 8.75. The van der Waals surface area contributed by atoms with Crippen LogP contribution in [0.4, 0.5) is 0 Å². The molecular formula is C25H32N2O4. The molecule has 0 bridgehead atoms. The van der Waals surface area contributed by atoms with Gasteiger partial charge in [-0.05, 0) is 54.8 Å². The van der Waals surface area contributed by atoms with E-state index in [-0.39, 0.29) is 35.9 Å². The van der Waals surface area contributed by atoms with Gasteiger partial charge in [0.15, 0.2) is 11.5 Å². The number of nitrogens with two attached hydrogens (primary N) is 1. The van der Waals surface area contributed by atoms with E-state index in [0.29, 0.717) is 18.8 Å². The molecule has 0 aromatic heterocycles. The number of benzene rings is 2. The van der Waals surface area contributed by atoms with Gasteiger partial charge in [-0.15, -0.1) is 0 Å². The number of carbonyl (C=O) groups excluding carboxylic acids is 1. The first kappa shape index (κ1) is 21.8. The number of ether oxygens (including phenoxy) is 2. The number of rotatable bonds is 7. The number of hydrogen-bond donors (Lipinski definition) is 3. The molecule has 2 fully saturated rings. The van der Waals surface area contributed by atoms with E-state index in [9.17, 15) is 9.90 Å². The third kappa shape index (κ3) is 3.95. The van der Waals surface area contributed by atoms with E-state index in [0.717, 1.165) is 29.7 Å². The number of Topliss-reactive ketones (excluding diaryl/α,β-unsaturated/α-hetero) is 1. The number of methoxy groups -OCH3 is 2. The largest absolute Gasteiger partial charge is 0.496 e. The first-order valence-corrected chi connectivity index (χ1v) is 11.0. The molecule has 0 amide bonds. The maximum atomic E-state index is 13.4. The summed E-state index contributed by atoms with van der Waals surface area (Å²) < 4.78 is 11.0. The van der Waals surface area contributed by atoms with Crippen LogP contribution < -0.4 is 20.5 Å². The minimum atomic E-state index is -1.57. The average Bonchev–Trinajstić information content (AvgIpc) is 3.16. The third-order valence-corrected chi connectivity index (χ3v) is 7.19. The lowest BCUT2D eigenvalue weighted by Gasteiger charge is -2.42. The Morgan fingerprint density at radius 2 is 1.77 bits per heavy atom. The highest BCUT2D eigenvalue weighted by Crippen LogP contribution is 2.51. The van der Waals surface area contributed by atoms with Gasteiger partial charge in [0.05, 0.1) is 14.2 Å². The highest BCUT2D eigenvalue weighted by molar-refractivity contribution is 5.89. The van der Waals surface area contributed by atoms with Crippen LogP contribution in [0, 0.1) is 17.8 Å². The predicted octanol–water partition coefficient (Wildman–Crippen LogP) is 2.49. The second-order valence-electron chi connectivity index (χ2n) is 8.75. The lowest BCUT2D eigenvalue weighted by Crippen LogP contribution is -2.54. The summed E-state index contributed by atoms with van der Waals surface area (Å²) in [6, 6.07) is 15.5. The molecule has 4 rings (SSSR count). The van der Waals surface area contributed by atoms with Gasteiger partial charge in [0.1, 0.15) is 11.5 Å². The van der Waals surface area contributed by atoms with Crippen molar-refractivity contribution in [3.63, 3.8) is 0 Å². The molecule has 2 aromatic rings. The Labute approximate surface area is 183 Å². The Morgan fingerprint density at radius 1 is 1.10 bits per heavy atom. The summed E-state index contributed by atoms with van der Waals surface area (Å²) in [5.41, 5.74) is 6.42. The van der Waals surface area contributed by atoms with Crippen molar-refractivity contribution in [2.45, 2.75) is 30.9 Å². The molecule has 5 atom stereocenters. The molecule has 166 valence electrons. The number of para-hydroxylation sites is 2. The predicted molar refractivity (Wildman–Crippen MR) is 119 cm³/mol. The smallest absolute Gasteiger partial charge is 0.184 e. The Bertz CT molecular complexity index is 933. The van der Waals surface area contributed by atoms with Crippen molar-refractivity contribution in [3.8, 4) is 11.5 Å². The van der Waals surface area contributed by atoms with Crippen molar-refractivity contribution in [1.82, 2.24) is 5.32 Å². The summed E-state index contributed by atoms with van der Waals surface area (Å²) in [5, 5.41) is 14.8. The van der Waals surface area contributed by atoms with Gasteiger partial charge in [0, 0.05) is 24.4 Å². The molecule has 0 spiro atoms. The molecule has 2 aromatic carbocycles. The van der Waals surface area contributed by atoms with E-state index in [2.05, 4.69) is 11.4 Å². The van der Waals surface area contributed by atoms with E-state index < -0.39 is 5.72 Å². The van der Waals surface area contributed by atoms with Crippen molar-refractivity contribution in [1.29, 1.82) is 0 Å². The molecule has 1 saturated carbocycles. The van der Waals surface area contributed by atoms with Crippen LogP contribution in [0.3, 0.4) is 0 Å². The van der Waals surface area contributed by atoms with Gasteiger partial charge in [-0.3, -0.25) is 10.1 Å². The average molecular weight is 425 g/mol. The zero-order chi connectivity index (χ0) is 22.0. The van der Waals surface area contributed by atoms with Gasteiger partial charge in [0.2, 0.25) is 0 Å². The summed E-state index contributed by atoms with van der Waals surface area (Å²) in [5.74, 6) is 1.62. The topological polar surface area (TPSA) is 93.8 Å². The van der Waals surface area contributed by atoms with Gasteiger partial charge in [0.25, 0.3) is 0 Å². The normalized spacial score (nSPS) is 29.9. The molecule has 0 radical (unpaired) electrons. The Hall–Kier alpha value is -2.41. The van der Waals surface area contributed by atoms with Crippen molar-refractivity contribution in [2.75, 3.05) is 27.3 Å². The first-order chi connectivity index (χ1) is 15.0. The fourth-order valence-electron chi connectivity index (χ4n) is 5.60. The fraction of sp³-hybridized carbons (Fsp3) is 0.480. The van der Waals surface area contributed by atoms with E-state index in [1.807, 2.05) is 42.5 Å². The molecule has 6 heteroatoms. The minimum absolute atomic E-state index is 0.114. The van der Waals surface area contributed by atoms with Crippen LogP contribution in [-0.2, 0) is 11.2 Å². The number of ketones is 1. The van der Waals surface area contributed by atoms with Crippen molar-refractivity contribution in [3.05, 3.63) is 59.7 Å². The van der Waals surface area contributed by atoms with Crippen LogP contribution in [0.1, 0.15) is 29.9 Å². The van der Waals surface area contributed by atoms with Crippen molar-refractivity contribution >= 4 is 5.78 Å². The van der Waals surface area contributed by atoms with E-state index in [1.54, 1.807) is 14.2 Å². The Morgan fingerprint density at radius 3 is 2.48 bits per heavy atom. The van der Waals surface area contributed by atoms with Crippen LogP contribution in [-0.4, -0.2) is 43.9 Å². The van der Waals surface area contributed by atoms with Gasteiger partial charge in [-0.25, -0.2) is 0 Å². The quantitative estimate of drug-likeness (QED) is 0.632. The van der Waals surface area contributed by atoms with Crippen LogP contribution >= 0.6 is 0 Å². The molecule has 31 heavy (non-hydrogen) atoms. The van der Waals surface area contributed by atoms with Gasteiger partial charge < -0.3 is 20.3 Å². The van der Waals surface area contributed by atoms with E-state index in [1.165, 1.54) is 0 Å². The minimum Gasteiger partial charge on any atom is -0.496 e. The number of nitrogens with one attached hydrogen (secondary N) is 1. The third-order valence-electron chi connectivity index (χ3n) is 7.19. The summed E-state index contributed by atoms with van der Waals surface area (Å²) >= 11 is 0. The van der Waals surface area contributed by atoms with Crippen LogP contribution in [0.15, 0.2) is 48.5 Å². The van der Waals surface area contributed by atoms with Crippen LogP contribution in [0.5, 0.6) is 11.5 Å². The SMILES string of the molecule is COc1ccccc1CC(=O)C1(O)NCC2C(c3ccccc3OC)CC(CN)CC21. The number of aliphatic hydroxyl groups is 1. The summed E-state index contributed by atoms with van der Waals surface area (Å²) in [6.07, 6.45) is 1.77. The van der Waals surface area contributed by atoms with Gasteiger partial charge in [-0.1, -0.05) is 36.4 Å². The molecule has 1 aliphatic heterocycles. The molecule has 1 heterocycles. The number of carbonyl (C=O) groups is 1. The van der Waals surface area contributed by atoms with Gasteiger partial charge in [-0.2, -0.15) is 0 Å². The molecule has 6 nitrogen and oxygen atoms in total. The molecule has 4 N–H and O–H groups in total. The molecule has 2 aliphatic rings. The molecule has 1 aliphatic carbocycles. The van der Waals surface area contributed by atoms with Crippen LogP contribution in [0.2, 0.25) is 0 Å². The number of hydrogen-bond acceptors (Lipinski definition) is 6. The molecule has 5 unspecified atom stereocenters. The van der Waals surface area contributed by atoms with Crippen molar-refractivity contribution < 1.29 is 19.4 Å².